The third-order valence-corrected chi connectivity index (χ3v) is 7.25. The molecule has 5 nitrogen and oxygen atoms in total. The second kappa shape index (κ2) is 8.45. The standard InChI is InChI=1S/C27H29NO4/c1-32-22-13-7-6-12-21(22)24-23(26(30)27(31)28(24)20-10-4-5-11-20)25(29)19-15-14-17-8-2-3-9-18(17)16-19/h6-7,12-16,20,24,29H,2-5,8-11H2,1H3/b25-23+. The maximum Gasteiger partial charge on any atom is 0.295 e. The maximum atomic E-state index is 13.3. The van der Waals surface area contributed by atoms with E-state index in [4.69, 9.17) is 4.74 Å². The Bertz CT molecular complexity index is 1100. The molecule has 5 heteroatoms. The van der Waals surface area contributed by atoms with Crippen LogP contribution in [0.2, 0.25) is 0 Å². The first-order valence-corrected chi connectivity index (χ1v) is 11.7. The summed E-state index contributed by atoms with van der Waals surface area (Å²) in [5.41, 5.74) is 4.04. The number of ether oxygens (including phenoxy) is 1. The first kappa shape index (κ1) is 20.8. The fourth-order valence-electron chi connectivity index (χ4n) is 5.64. The predicted octanol–water partition coefficient (Wildman–Crippen LogP) is 4.94. The molecule has 0 aromatic heterocycles. The second-order valence-corrected chi connectivity index (χ2v) is 9.08. The quantitative estimate of drug-likeness (QED) is 0.423. The van der Waals surface area contributed by atoms with Gasteiger partial charge in [-0.1, -0.05) is 43.2 Å². The molecule has 2 aromatic carbocycles. The molecule has 1 saturated heterocycles. The number of hydrogen-bond acceptors (Lipinski definition) is 4. The number of rotatable bonds is 4. The smallest absolute Gasteiger partial charge is 0.295 e. The van der Waals surface area contributed by atoms with E-state index < -0.39 is 17.7 Å². The molecule has 1 atom stereocenters. The maximum absolute atomic E-state index is 13.3. The third-order valence-electron chi connectivity index (χ3n) is 7.25. The number of aryl methyl sites for hydroxylation is 2. The van der Waals surface area contributed by atoms with Gasteiger partial charge in [-0.2, -0.15) is 0 Å². The minimum atomic E-state index is -0.648. The van der Waals surface area contributed by atoms with Gasteiger partial charge in [-0.15, -0.1) is 0 Å². The topological polar surface area (TPSA) is 66.8 Å². The lowest BCUT2D eigenvalue weighted by Crippen LogP contribution is -2.37. The zero-order valence-corrected chi connectivity index (χ0v) is 18.5. The summed E-state index contributed by atoms with van der Waals surface area (Å²) in [5, 5.41) is 11.4. The van der Waals surface area contributed by atoms with Crippen LogP contribution in [0, 0.1) is 0 Å². The van der Waals surface area contributed by atoms with Gasteiger partial charge < -0.3 is 14.7 Å². The Morgan fingerprint density at radius 2 is 1.69 bits per heavy atom. The van der Waals surface area contributed by atoms with E-state index in [2.05, 4.69) is 6.07 Å². The number of likely N-dealkylation sites (tertiary alicyclic amines) is 1. The number of Topliss-reactive ketones (excluding diaryl/α,β-unsaturated/α-hetero) is 1. The highest BCUT2D eigenvalue weighted by molar-refractivity contribution is 6.46. The van der Waals surface area contributed by atoms with E-state index in [-0.39, 0.29) is 17.4 Å². The van der Waals surface area contributed by atoms with Crippen LogP contribution in [0.4, 0.5) is 0 Å². The van der Waals surface area contributed by atoms with Gasteiger partial charge in [0.05, 0.1) is 18.7 Å². The van der Waals surface area contributed by atoms with Crippen LogP contribution in [0.1, 0.15) is 66.8 Å². The summed E-state index contributed by atoms with van der Waals surface area (Å²) in [6.45, 7) is 0. The van der Waals surface area contributed by atoms with Gasteiger partial charge >= 0.3 is 0 Å². The predicted molar refractivity (Wildman–Crippen MR) is 122 cm³/mol. The fraction of sp³-hybridized carbons (Fsp3) is 0.407. The van der Waals surface area contributed by atoms with Gasteiger partial charge in [0.15, 0.2) is 0 Å². The van der Waals surface area contributed by atoms with Crippen LogP contribution in [0.15, 0.2) is 48.0 Å². The second-order valence-electron chi connectivity index (χ2n) is 9.08. The Morgan fingerprint density at radius 3 is 2.44 bits per heavy atom. The van der Waals surface area contributed by atoms with Crippen molar-refractivity contribution >= 4 is 17.4 Å². The number of nitrogens with zero attached hydrogens (tertiary/aromatic N) is 1. The molecule has 2 fully saturated rings. The van der Waals surface area contributed by atoms with Crippen LogP contribution in [0.3, 0.4) is 0 Å². The van der Waals surface area contributed by atoms with Crippen molar-refractivity contribution < 1.29 is 19.4 Å². The average Bonchev–Trinajstić information content (AvgIpc) is 3.45. The summed E-state index contributed by atoms with van der Waals surface area (Å²) in [4.78, 5) is 28.3. The van der Waals surface area contributed by atoms with Crippen LogP contribution >= 0.6 is 0 Å². The highest BCUT2D eigenvalue weighted by atomic mass is 16.5. The molecule has 1 N–H and O–H groups in total. The number of fused-ring (bicyclic) bond motifs is 1. The molecule has 0 radical (unpaired) electrons. The SMILES string of the molecule is COc1ccccc1C1/C(=C(\O)c2ccc3c(c2)CCCC3)C(=O)C(=O)N1C1CCCC1. The van der Waals surface area contributed by atoms with E-state index in [1.54, 1.807) is 12.0 Å². The van der Waals surface area contributed by atoms with Crippen LogP contribution in [-0.2, 0) is 22.4 Å². The van der Waals surface area contributed by atoms with Gasteiger partial charge in [-0.3, -0.25) is 9.59 Å². The number of aliphatic hydroxyl groups is 1. The molecule has 166 valence electrons. The lowest BCUT2D eigenvalue weighted by Gasteiger charge is -2.31. The average molecular weight is 432 g/mol. The van der Waals surface area contributed by atoms with Crippen molar-refractivity contribution in [1.29, 1.82) is 0 Å². The van der Waals surface area contributed by atoms with Crippen molar-refractivity contribution in [2.45, 2.75) is 63.5 Å². The molecule has 1 heterocycles. The summed E-state index contributed by atoms with van der Waals surface area (Å²) in [6, 6.07) is 12.7. The van der Waals surface area contributed by atoms with Gasteiger partial charge in [-0.25, -0.2) is 0 Å². The molecule has 1 aliphatic heterocycles. The summed E-state index contributed by atoms with van der Waals surface area (Å²) in [5.74, 6) is -0.609. The number of ketones is 1. The summed E-state index contributed by atoms with van der Waals surface area (Å²) < 4.78 is 5.59. The van der Waals surface area contributed by atoms with E-state index in [0.717, 1.165) is 50.5 Å². The molecule has 1 amide bonds. The number of amides is 1. The molecule has 3 aliphatic rings. The fourth-order valence-corrected chi connectivity index (χ4v) is 5.64. The number of aliphatic hydroxyl groups excluding tert-OH is 1. The van der Waals surface area contributed by atoms with Crippen LogP contribution < -0.4 is 4.74 Å². The van der Waals surface area contributed by atoms with Crippen LogP contribution in [-0.4, -0.2) is 34.8 Å². The van der Waals surface area contributed by atoms with Crippen molar-refractivity contribution in [3.05, 3.63) is 70.3 Å². The number of methoxy groups -OCH3 is 1. The Morgan fingerprint density at radius 1 is 0.969 bits per heavy atom. The molecular formula is C27H29NO4. The van der Waals surface area contributed by atoms with E-state index in [9.17, 15) is 14.7 Å². The summed E-state index contributed by atoms with van der Waals surface area (Å²) in [6.07, 6.45) is 8.15. The molecule has 2 aliphatic carbocycles. The molecular weight excluding hydrogens is 402 g/mol. The van der Waals surface area contributed by atoms with E-state index in [0.29, 0.717) is 11.3 Å². The Balaban J connectivity index is 1.68. The summed E-state index contributed by atoms with van der Waals surface area (Å²) in [7, 11) is 1.59. The van der Waals surface area contributed by atoms with Gasteiger partial charge in [-0.05, 0) is 61.8 Å². The third kappa shape index (κ3) is 3.40. The number of carbonyl (C=O) groups is 2. The minimum absolute atomic E-state index is 0.00445. The van der Waals surface area contributed by atoms with Crippen molar-refractivity contribution in [3.8, 4) is 5.75 Å². The number of carbonyl (C=O) groups excluding carboxylic acids is 2. The highest BCUT2D eigenvalue weighted by Crippen LogP contribution is 2.46. The molecule has 0 bridgehead atoms. The minimum Gasteiger partial charge on any atom is -0.507 e. The molecule has 32 heavy (non-hydrogen) atoms. The van der Waals surface area contributed by atoms with Crippen LogP contribution in [0.25, 0.3) is 5.76 Å². The Kier molecular flexibility index (Phi) is 5.50. The van der Waals surface area contributed by atoms with Crippen molar-refractivity contribution in [1.82, 2.24) is 4.90 Å². The van der Waals surface area contributed by atoms with Crippen LogP contribution in [0.5, 0.6) is 5.75 Å². The Labute approximate surface area is 188 Å². The first-order valence-electron chi connectivity index (χ1n) is 11.7. The molecule has 5 rings (SSSR count). The van der Waals surface area contributed by atoms with Gasteiger partial charge in [0, 0.05) is 17.2 Å². The van der Waals surface area contributed by atoms with Gasteiger partial charge in [0.2, 0.25) is 0 Å². The lowest BCUT2D eigenvalue weighted by atomic mass is 9.88. The van der Waals surface area contributed by atoms with Crippen molar-refractivity contribution in [3.63, 3.8) is 0 Å². The molecule has 1 saturated carbocycles. The zero-order chi connectivity index (χ0) is 22.2. The van der Waals surface area contributed by atoms with E-state index >= 15 is 0 Å². The monoisotopic (exact) mass is 431 g/mol. The number of hydrogen-bond donors (Lipinski definition) is 1. The Hall–Kier alpha value is -3.08. The first-order chi connectivity index (χ1) is 15.6. The summed E-state index contributed by atoms with van der Waals surface area (Å²) >= 11 is 0. The largest absolute Gasteiger partial charge is 0.507 e. The highest BCUT2D eigenvalue weighted by Gasteiger charge is 2.50. The molecule has 1 unspecified atom stereocenters. The zero-order valence-electron chi connectivity index (χ0n) is 18.5. The number of benzene rings is 2. The normalized spacial score (nSPS) is 22.9. The van der Waals surface area contributed by atoms with Gasteiger partial charge in [0.1, 0.15) is 11.5 Å². The van der Waals surface area contributed by atoms with Crippen molar-refractivity contribution in [2.24, 2.45) is 0 Å². The van der Waals surface area contributed by atoms with Gasteiger partial charge in [0.25, 0.3) is 11.7 Å². The molecule has 0 spiro atoms. The van der Waals surface area contributed by atoms with E-state index in [1.165, 1.54) is 17.5 Å². The lowest BCUT2D eigenvalue weighted by molar-refractivity contribution is -0.141. The number of para-hydroxylation sites is 1. The molecule has 2 aromatic rings. The van der Waals surface area contributed by atoms with E-state index in [1.807, 2.05) is 36.4 Å². The van der Waals surface area contributed by atoms with Crippen molar-refractivity contribution in [2.75, 3.05) is 7.11 Å².